The summed E-state index contributed by atoms with van der Waals surface area (Å²) in [6.45, 7) is 0. The van der Waals surface area contributed by atoms with Crippen molar-refractivity contribution in [3.8, 4) is 22.4 Å². The van der Waals surface area contributed by atoms with E-state index in [2.05, 4.69) is 41.8 Å². The summed E-state index contributed by atoms with van der Waals surface area (Å²) in [4.78, 5) is 19.3. The third kappa shape index (κ3) is 3.52. The van der Waals surface area contributed by atoms with Gasteiger partial charge in [0.05, 0.1) is 5.69 Å². The Balaban J connectivity index is 2.11. The Kier molecular flexibility index (Phi) is 4.90. The first-order valence-electron chi connectivity index (χ1n) is 6.61. The third-order valence-electron chi connectivity index (χ3n) is 3.31. The van der Waals surface area contributed by atoms with Crippen LogP contribution in [0.3, 0.4) is 0 Å². The molecule has 0 N–H and O–H groups in total. The van der Waals surface area contributed by atoms with E-state index in [0.717, 1.165) is 37.6 Å². The van der Waals surface area contributed by atoms with Gasteiger partial charge in [-0.3, -0.25) is 9.78 Å². The Morgan fingerprint density at radius 3 is 2.17 bits per heavy atom. The number of hydrogen-bond acceptors (Lipinski definition) is 3. The van der Waals surface area contributed by atoms with Crippen molar-refractivity contribution in [2.24, 2.45) is 0 Å². The average molecular weight is 453 g/mol. The molecule has 0 atom stereocenters. The van der Waals surface area contributed by atoms with Gasteiger partial charge >= 0.3 is 0 Å². The van der Waals surface area contributed by atoms with Gasteiger partial charge < -0.3 is 0 Å². The zero-order valence-corrected chi connectivity index (χ0v) is 15.6. The molecule has 0 saturated carbocycles. The maximum Gasteiger partial charge on any atom is 0.150 e. The molecule has 23 heavy (non-hydrogen) atoms. The number of pyridine rings is 2. The highest BCUT2D eigenvalue weighted by Gasteiger charge is 2.11. The largest absolute Gasteiger partial charge is 0.298 e. The second-order valence-corrected chi connectivity index (χ2v) is 6.87. The van der Waals surface area contributed by atoms with Gasteiger partial charge in [0.15, 0.2) is 0 Å². The van der Waals surface area contributed by atoms with Gasteiger partial charge in [-0.15, -0.1) is 0 Å². The Morgan fingerprint density at radius 1 is 0.913 bits per heavy atom. The highest BCUT2D eigenvalue weighted by Crippen LogP contribution is 2.36. The van der Waals surface area contributed by atoms with Crippen LogP contribution >= 0.6 is 43.5 Å². The second-order valence-electron chi connectivity index (χ2n) is 4.78. The van der Waals surface area contributed by atoms with E-state index in [1.807, 2.05) is 18.2 Å². The van der Waals surface area contributed by atoms with E-state index in [9.17, 15) is 4.79 Å². The summed E-state index contributed by atoms with van der Waals surface area (Å²) in [5.74, 6) is 0. The smallest absolute Gasteiger partial charge is 0.150 e. The van der Waals surface area contributed by atoms with E-state index in [1.54, 1.807) is 30.6 Å². The lowest BCUT2D eigenvalue weighted by Crippen LogP contribution is -1.90. The number of hydrogen-bond donors (Lipinski definition) is 0. The number of aldehydes is 1. The van der Waals surface area contributed by atoms with Crippen LogP contribution in [-0.2, 0) is 0 Å². The molecule has 0 bridgehead atoms. The molecule has 0 unspecified atom stereocenters. The Bertz CT molecular complexity index is 882. The summed E-state index contributed by atoms with van der Waals surface area (Å²) in [6.07, 6.45) is 4.24. The van der Waals surface area contributed by atoms with Crippen molar-refractivity contribution in [2.45, 2.75) is 0 Å². The van der Waals surface area contributed by atoms with Crippen LogP contribution in [0, 0.1) is 0 Å². The Labute approximate surface area is 155 Å². The van der Waals surface area contributed by atoms with Crippen LogP contribution in [0.1, 0.15) is 10.4 Å². The molecule has 0 fully saturated rings. The zero-order chi connectivity index (χ0) is 16.4. The normalized spacial score (nSPS) is 10.6. The lowest BCUT2D eigenvalue weighted by atomic mass is 10.0. The van der Waals surface area contributed by atoms with Crippen LogP contribution in [0.5, 0.6) is 0 Å². The molecule has 2 heterocycles. The molecule has 0 aliphatic heterocycles. The van der Waals surface area contributed by atoms with Crippen molar-refractivity contribution >= 4 is 49.7 Å². The predicted molar refractivity (Wildman–Crippen MR) is 98.7 cm³/mol. The van der Waals surface area contributed by atoms with Gasteiger partial charge in [-0.05, 0) is 44.0 Å². The zero-order valence-electron chi connectivity index (χ0n) is 11.6. The highest BCUT2D eigenvalue weighted by molar-refractivity contribution is 9.11. The number of halogens is 3. The van der Waals surface area contributed by atoms with Crippen LogP contribution in [0.25, 0.3) is 22.4 Å². The minimum Gasteiger partial charge on any atom is -0.298 e. The van der Waals surface area contributed by atoms with E-state index in [4.69, 9.17) is 11.6 Å². The molecule has 3 aromatic rings. The summed E-state index contributed by atoms with van der Waals surface area (Å²) >= 11 is 13.0. The van der Waals surface area contributed by atoms with Crippen LogP contribution < -0.4 is 0 Å². The minimum atomic E-state index is 0.420. The van der Waals surface area contributed by atoms with E-state index in [1.165, 1.54) is 0 Å². The summed E-state index contributed by atoms with van der Waals surface area (Å²) < 4.78 is 1.70. The standard InChI is InChI=1S/C17H9Br2ClN2O/c18-14-7-21-16(11-3-1-10(9-23)2-4-11)5-12(14)13-6-17(20)22-8-15(13)19/h1-9H. The van der Waals surface area contributed by atoms with Crippen LogP contribution in [-0.4, -0.2) is 16.3 Å². The molecule has 6 heteroatoms. The number of aromatic nitrogens is 2. The van der Waals surface area contributed by atoms with Crippen molar-refractivity contribution < 1.29 is 4.79 Å². The third-order valence-corrected chi connectivity index (χ3v) is 4.78. The van der Waals surface area contributed by atoms with E-state index >= 15 is 0 Å². The fourth-order valence-corrected chi connectivity index (χ4v) is 3.17. The molecule has 0 spiro atoms. The molecule has 2 aromatic heterocycles. The van der Waals surface area contributed by atoms with Crippen LogP contribution in [0.4, 0.5) is 0 Å². The van der Waals surface area contributed by atoms with Gasteiger partial charge in [-0.1, -0.05) is 35.9 Å². The fraction of sp³-hybridized carbons (Fsp3) is 0. The van der Waals surface area contributed by atoms with Crippen LogP contribution in [0.2, 0.25) is 5.15 Å². The SMILES string of the molecule is O=Cc1ccc(-c2cc(-c3cc(Cl)ncc3Br)c(Br)cn2)cc1. The summed E-state index contributed by atoms with van der Waals surface area (Å²) in [7, 11) is 0. The first-order valence-corrected chi connectivity index (χ1v) is 8.57. The van der Waals surface area contributed by atoms with E-state index in [0.29, 0.717) is 10.7 Å². The Hall–Kier alpha value is -1.56. The predicted octanol–water partition coefficient (Wildman–Crippen LogP) is 5.80. The van der Waals surface area contributed by atoms with Gasteiger partial charge in [-0.25, -0.2) is 4.98 Å². The van der Waals surface area contributed by atoms with Crippen molar-refractivity contribution in [1.29, 1.82) is 0 Å². The molecule has 0 aliphatic carbocycles. The number of rotatable bonds is 3. The van der Waals surface area contributed by atoms with Crippen molar-refractivity contribution in [3.05, 3.63) is 68.5 Å². The highest BCUT2D eigenvalue weighted by atomic mass is 79.9. The molecule has 0 aliphatic rings. The van der Waals surface area contributed by atoms with Gasteiger partial charge in [0.1, 0.15) is 11.4 Å². The molecule has 0 radical (unpaired) electrons. The number of carbonyl (C=O) groups excluding carboxylic acids is 1. The van der Waals surface area contributed by atoms with E-state index in [-0.39, 0.29) is 0 Å². The maximum atomic E-state index is 10.8. The Morgan fingerprint density at radius 2 is 1.52 bits per heavy atom. The lowest BCUT2D eigenvalue weighted by Gasteiger charge is -2.10. The lowest BCUT2D eigenvalue weighted by molar-refractivity contribution is 0.112. The first-order chi connectivity index (χ1) is 11.1. The first kappa shape index (κ1) is 16.3. The molecular weight excluding hydrogens is 443 g/mol. The summed E-state index contributed by atoms with van der Waals surface area (Å²) in [6, 6.07) is 11.0. The minimum absolute atomic E-state index is 0.420. The molecule has 0 amide bonds. The topological polar surface area (TPSA) is 42.9 Å². The second kappa shape index (κ2) is 6.91. The van der Waals surface area contributed by atoms with Gasteiger partial charge in [0, 0.05) is 43.6 Å². The van der Waals surface area contributed by atoms with E-state index < -0.39 is 0 Å². The van der Waals surface area contributed by atoms with Gasteiger partial charge in [-0.2, -0.15) is 0 Å². The summed E-state index contributed by atoms with van der Waals surface area (Å²) in [5, 5.41) is 0.420. The van der Waals surface area contributed by atoms with Crippen molar-refractivity contribution in [2.75, 3.05) is 0 Å². The number of carbonyl (C=O) groups is 1. The number of nitrogens with zero attached hydrogens (tertiary/aromatic N) is 2. The molecule has 1 aromatic carbocycles. The van der Waals surface area contributed by atoms with Crippen molar-refractivity contribution in [3.63, 3.8) is 0 Å². The molecular formula is C17H9Br2ClN2O. The molecule has 0 saturated heterocycles. The van der Waals surface area contributed by atoms with Gasteiger partial charge in [0.2, 0.25) is 0 Å². The molecule has 3 rings (SSSR count). The summed E-state index contributed by atoms with van der Waals surface area (Å²) in [5.41, 5.74) is 4.24. The number of benzene rings is 1. The maximum absolute atomic E-state index is 10.8. The molecule has 114 valence electrons. The quantitative estimate of drug-likeness (QED) is 0.373. The monoisotopic (exact) mass is 450 g/mol. The average Bonchev–Trinajstić information content (AvgIpc) is 2.58. The fourth-order valence-electron chi connectivity index (χ4n) is 2.16. The van der Waals surface area contributed by atoms with Crippen LogP contribution in [0.15, 0.2) is 57.7 Å². The van der Waals surface area contributed by atoms with Crippen molar-refractivity contribution in [1.82, 2.24) is 9.97 Å². The van der Waals surface area contributed by atoms with Gasteiger partial charge in [0.25, 0.3) is 0 Å². The molecule has 3 nitrogen and oxygen atoms in total.